The van der Waals surface area contributed by atoms with E-state index in [1.807, 2.05) is 24.3 Å². The van der Waals surface area contributed by atoms with Crippen molar-refractivity contribution in [3.8, 4) is 0 Å². The molecule has 2 aliphatic rings. The van der Waals surface area contributed by atoms with Gasteiger partial charge in [-0.25, -0.2) is 4.79 Å². The van der Waals surface area contributed by atoms with E-state index in [1.165, 1.54) is 5.56 Å². The molecule has 0 aromatic heterocycles. The number of piperidine rings is 1. The van der Waals surface area contributed by atoms with Gasteiger partial charge in [0, 0.05) is 26.8 Å². The second-order valence-electron chi connectivity index (χ2n) is 7.78. The van der Waals surface area contributed by atoms with E-state index in [1.54, 1.807) is 17.0 Å². The topological polar surface area (TPSA) is 32.8 Å². The van der Waals surface area contributed by atoms with Crippen molar-refractivity contribution < 1.29 is 9.53 Å². The molecule has 2 heterocycles. The summed E-state index contributed by atoms with van der Waals surface area (Å²) in [5, 5.41) is 1.44. The molecule has 0 spiro atoms. The van der Waals surface area contributed by atoms with E-state index in [9.17, 15) is 4.79 Å². The van der Waals surface area contributed by atoms with E-state index in [-0.39, 0.29) is 12.2 Å². The highest BCUT2D eigenvalue weighted by atomic mass is 79.9. The van der Waals surface area contributed by atoms with Crippen molar-refractivity contribution in [3.63, 3.8) is 0 Å². The quantitative estimate of drug-likeness (QED) is 0.505. The zero-order valence-corrected chi connectivity index (χ0v) is 19.1. The fraction of sp³-hybridized carbons (Fsp3) is 0.409. The van der Waals surface area contributed by atoms with E-state index in [0.29, 0.717) is 17.5 Å². The number of benzene rings is 2. The zero-order chi connectivity index (χ0) is 20.4. The summed E-state index contributed by atoms with van der Waals surface area (Å²) in [6.07, 6.45) is 2.94. The Morgan fingerprint density at radius 1 is 1.03 bits per heavy atom. The molecular weight excluding hydrogens is 475 g/mol. The van der Waals surface area contributed by atoms with Crippen LogP contribution in [0.25, 0.3) is 0 Å². The minimum atomic E-state index is -0.280. The number of carbonyl (C=O) groups is 1. The summed E-state index contributed by atoms with van der Waals surface area (Å²) in [5.74, 6) is 0.651. The number of ether oxygens (including phenoxy) is 1. The van der Waals surface area contributed by atoms with Gasteiger partial charge in [-0.3, -0.25) is 9.80 Å². The molecule has 1 unspecified atom stereocenters. The molecule has 7 heteroatoms. The predicted molar refractivity (Wildman–Crippen MR) is 121 cm³/mol. The van der Waals surface area contributed by atoms with Crippen molar-refractivity contribution in [2.24, 2.45) is 5.92 Å². The lowest BCUT2D eigenvalue weighted by Crippen LogP contribution is -2.40. The lowest BCUT2D eigenvalue weighted by Gasteiger charge is -2.33. The van der Waals surface area contributed by atoms with Gasteiger partial charge in [0.1, 0.15) is 6.10 Å². The van der Waals surface area contributed by atoms with Gasteiger partial charge in [0.05, 0.1) is 6.54 Å². The van der Waals surface area contributed by atoms with E-state index in [4.69, 9.17) is 27.9 Å². The standard InChI is InChI=1S/C22H23BrCl2N2O2/c23-21-6-3-18(25)12-16(21)11-15-7-9-26(10-8-15)13-20-14-27(22(28)29-20)19-4-1-17(24)2-5-19/h1-6,12,15,20H,7-11,13-14H2. The summed E-state index contributed by atoms with van der Waals surface area (Å²) < 4.78 is 6.73. The molecule has 154 valence electrons. The first-order chi connectivity index (χ1) is 14.0. The predicted octanol–water partition coefficient (Wildman–Crippen LogP) is 6.04. The molecule has 29 heavy (non-hydrogen) atoms. The Labute approximate surface area is 189 Å². The van der Waals surface area contributed by atoms with E-state index in [0.717, 1.165) is 54.1 Å². The van der Waals surface area contributed by atoms with Crippen LogP contribution in [0.2, 0.25) is 10.0 Å². The molecule has 1 amide bonds. The summed E-state index contributed by atoms with van der Waals surface area (Å²) in [6, 6.07) is 13.3. The molecule has 0 saturated carbocycles. The van der Waals surface area contributed by atoms with Crippen molar-refractivity contribution in [1.82, 2.24) is 4.90 Å². The van der Waals surface area contributed by atoms with Crippen molar-refractivity contribution in [2.45, 2.75) is 25.4 Å². The van der Waals surface area contributed by atoms with Crippen LogP contribution in [0.15, 0.2) is 46.9 Å². The summed E-state index contributed by atoms with van der Waals surface area (Å²) in [7, 11) is 0. The number of likely N-dealkylation sites (tertiary alicyclic amines) is 1. The first-order valence-electron chi connectivity index (χ1n) is 9.88. The van der Waals surface area contributed by atoms with Crippen molar-refractivity contribution in [3.05, 3.63) is 62.5 Å². The third-order valence-electron chi connectivity index (χ3n) is 5.70. The highest BCUT2D eigenvalue weighted by Gasteiger charge is 2.34. The van der Waals surface area contributed by atoms with Gasteiger partial charge in [-0.1, -0.05) is 39.1 Å². The minimum absolute atomic E-state index is 0.100. The van der Waals surface area contributed by atoms with E-state index < -0.39 is 0 Å². The van der Waals surface area contributed by atoms with Crippen LogP contribution in [0, 0.1) is 5.92 Å². The normalized spacial score (nSPS) is 20.9. The van der Waals surface area contributed by atoms with Crippen LogP contribution in [0.1, 0.15) is 18.4 Å². The number of hydrogen-bond donors (Lipinski definition) is 0. The average molecular weight is 498 g/mol. The van der Waals surface area contributed by atoms with E-state index in [2.05, 4.69) is 26.9 Å². The molecule has 1 atom stereocenters. The van der Waals surface area contributed by atoms with Gasteiger partial charge in [0.15, 0.2) is 0 Å². The van der Waals surface area contributed by atoms with Crippen LogP contribution in [-0.2, 0) is 11.2 Å². The summed E-state index contributed by atoms with van der Waals surface area (Å²) in [6.45, 7) is 3.41. The maximum atomic E-state index is 12.3. The van der Waals surface area contributed by atoms with Crippen LogP contribution in [0.4, 0.5) is 10.5 Å². The Kier molecular flexibility index (Phi) is 6.69. The number of anilines is 1. The van der Waals surface area contributed by atoms with Gasteiger partial charge < -0.3 is 4.74 Å². The Morgan fingerprint density at radius 3 is 2.45 bits per heavy atom. The number of carbonyl (C=O) groups excluding carboxylic acids is 1. The highest BCUT2D eigenvalue weighted by molar-refractivity contribution is 9.10. The third kappa shape index (κ3) is 5.26. The molecule has 0 aliphatic carbocycles. The Bertz CT molecular complexity index is 870. The largest absolute Gasteiger partial charge is 0.443 e. The number of amides is 1. The molecule has 2 fully saturated rings. The van der Waals surface area contributed by atoms with Crippen LogP contribution >= 0.6 is 39.1 Å². The smallest absolute Gasteiger partial charge is 0.414 e. The molecule has 2 saturated heterocycles. The lowest BCUT2D eigenvalue weighted by atomic mass is 9.90. The number of halogens is 3. The third-order valence-corrected chi connectivity index (χ3v) is 6.96. The summed E-state index contributed by atoms with van der Waals surface area (Å²) >= 11 is 15.7. The molecule has 0 radical (unpaired) electrons. The van der Waals surface area contributed by atoms with Crippen LogP contribution in [0.3, 0.4) is 0 Å². The van der Waals surface area contributed by atoms with Crippen LogP contribution in [-0.4, -0.2) is 43.3 Å². The molecule has 4 nitrogen and oxygen atoms in total. The van der Waals surface area contributed by atoms with Gasteiger partial charge in [-0.2, -0.15) is 0 Å². The Balaban J connectivity index is 1.27. The Morgan fingerprint density at radius 2 is 1.72 bits per heavy atom. The maximum absolute atomic E-state index is 12.3. The maximum Gasteiger partial charge on any atom is 0.414 e. The van der Waals surface area contributed by atoms with Crippen molar-refractivity contribution in [2.75, 3.05) is 31.1 Å². The second-order valence-corrected chi connectivity index (χ2v) is 9.50. The molecule has 0 N–H and O–H groups in total. The number of cyclic esters (lactones) is 1. The highest BCUT2D eigenvalue weighted by Crippen LogP contribution is 2.29. The average Bonchev–Trinajstić information content (AvgIpc) is 3.07. The Hall–Kier alpha value is -1.27. The van der Waals surface area contributed by atoms with Gasteiger partial charge in [0.2, 0.25) is 0 Å². The minimum Gasteiger partial charge on any atom is -0.443 e. The first-order valence-corrected chi connectivity index (χ1v) is 11.4. The summed E-state index contributed by atoms with van der Waals surface area (Å²) in [4.78, 5) is 16.4. The van der Waals surface area contributed by atoms with Crippen molar-refractivity contribution in [1.29, 1.82) is 0 Å². The number of hydrogen-bond acceptors (Lipinski definition) is 3. The lowest BCUT2D eigenvalue weighted by molar-refractivity contribution is 0.0914. The number of nitrogens with zero attached hydrogens (tertiary/aromatic N) is 2. The van der Waals surface area contributed by atoms with Crippen molar-refractivity contribution >= 4 is 50.9 Å². The SMILES string of the molecule is O=C1OC(CN2CCC(Cc3cc(Cl)ccc3Br)CC2)CN1c1ccc(Cl)cc1. The zero-order valence-electron chi connectivity index (χ0n) is 16.0. The molecular formula is C22H23BrCl2N2O2. The monoisotopic (exact) mass is 496 g/mol. The van der Waals surface area contributed by atoms with E-state index >= 15 is 0 Å². The fourth-order valence-corrected chi connectivity index (χ4v) is 4.85. The number of rotatable bonds is 5. The van der Waals surface area contributed by atoms with Gasteiger partial charge in [0.25, 0.3) is 0 Å². The molecule has 2 aliphatic heterocycles. The van der Waals surface area contributed by atoms with Gasteiger partial charge >= 0.3 is 6.09 Å². The van der Waals surface area contributed by atoms with Crippen LogP contribution in [0.5, 0.6) is 0 Å². The van der Waals surface area contributed by atoms with Crippen LogP contribution < -0.4 is 4.90 Å². The first kappa shape index (κ1) is 21.0. The summed E-state index contributed by atoms with van der Waals surface area (Å²) in [5.41, 5.74) is 2.10. The second kappa shape index (κ2) is 9.25. The fourth-order valence-electron chi connectivity index (χ4n) is 4.12. The van der Waals surface area contributed by atoms with Gasteiger partial charge in [-0.15, -0.1) is 0 Å². The molecule has 0 bridgehead atoms. The van der Waals surface area contributed by atoms with Gasteiger partial charge in [-0.05, 0) is 86.3 Å². The molecule has 2 aromatic rings. The molecule has 4 rings (SSSR count). The molecule has 2 aromatic carbocycles.